The Balaban J connectivity index is 1.80. The van der Waals surface area contributed by atoms with E-state index in [4.69, 9.17) is 4.42 Å². The average Bonchev–Trinajstić information content (AvgIpc) is 2.71. The van der Waals surface area contributed by atoms with Crippen LogP contribution in [0.3, 0.4) is 0 Å². The van der Waals surface area contributed by atoms with Crippen LogP contribution >= 0.6 is 0 Å². The van der Waals surface area contributed by atoms with E-state index in [2.05, 4.69) is 7.05 Å². The summed E-state index contributed by atoms with van der Waals surface area (Å²) >= 11 is 0. The summed E-state index contributed by atoms with van der Waals surface area (Å²) in [5, 5.41) is 11.4. The molecule has 0 radical (unpaired) electrons. The number of quaternary nitrogens is 1. The van der Waals surface area contributed by atoms with Gasteiger partial charge in [-0.1, -0.05) is 36.8 Å². The summed E-state index contributed by atoms with van der Waals surface area (Å²) in [4.78, 5) is 13.6. The third-order valence-electron chi connectivity index (χ3n) is 5.83. The van der Waals surface area contributed by atoms with E-state index < -0.39 is 0 Å². The van der Waals surface area contributed by atoms with Crippen LogP contribution in [-0.2, 0) is 6.54 Å². The Bertz CT molecular complexity index is 988. The standard InChI is InChI=1S/C23H25NO3/c1-24(17-10-6-3-7-11-17)15-20-21(25)13-12-18-19(14-22(26)27-23(18)20)16-8-4-2-5-9-16/h2,4-5,8-9,12-14,17,25H,3,6-7,10-11,15H2,1H3/p+1. The predicted molar refractivity (Wildman–Crippen MR) is 107 cm³/mol. The van der Waals surface area contributed by atoms with Crippen LogP contribution in [-0.4, -0.2) is 18.2 Å². The van der Waals surface area contributed by atoms with Crippen molar-refractivity contribution < 1.29 is 14.4 Å². The van der Waals surface area contributed by atoms with Gasteiger partial charge in [0.15, 0.2) is 5.58 Å². The number of hydrogen-bond acceptors (Lipinski definition) is 3. The number of aromatic hydroxyl groups is 1. The van der Waals surface area contributed by atoms with Gasteiger partial charge in [0.1, 0.15) is 12.3 Å². The van der Waals surface area contributed by atoms with Gasteiger partial charge in [-0.25, -0.2) is 4.79 Å². The van der Waals surface area contributed by atoms with Crippen molar-refractivity contribution in [3.8, 4) is 16.9 Å². The maximum atomic E-state index is 12.3. The quantitative estimate of drug-likeness (QED) is 0.697. The van der Waals surface area contributed by atoms with E-state index in [-0.39, 0.29) is 11.4 Å². The highest BCUT2D eigenvalue weighted by Crippen LogP contribution is 2.32. The average molecular weight is 364 g/mol. The van der Waals surface area contributed by atoms with Gasteiger partial charge in [0.05, 0.1) is 18.7 Å². The second kappa shape index (κ2) is 7.57. The van der Waals surface area contributed by atoms with Crippen molar-refractivity contribution in [2.24, 2.45) is 0 Å². The molecule has 1 aliphatic carbocycles. The number of phenolic OH excluding ortho intramolecular Hbond substituents is 1. The van der Waals surface area contributed by atoms with E-state index in [9.17, 15) is 9.90 Å². The minimum Gasteiger partial charge on any atom is -0.507 e. The molecule has 140 valence electrons. The lowest BCUT2D eigenvalue weighted by molar-refractivity contribution is -0.921. The van der Waals surface area contributed by atoms with Gasteiger partial charge in [0.2, 0.25) is 0 Å². The second-order valence-electron chi connectivity index (χ2n) is 7.64. The van der Waals surface area contributed by atoms with Crippen molar-refractivity contribution in [2.75, 3.05) is 7.05 Å². The highest BCUT2D eigenvalue weighted by atomic mass is 16.4. The summed E-state index contributed by atoms with van der Waals surface area (Å²) in [6, 6.07) is 15.5. The molecule has 2 N–H and O–H groups in total. The molecule has 0 bridgehead atoms. The van der Waals surface area contributed by atoms with Gasteiger partial charge in [-0.15, -0.1) is 0 Å². The van der Waals surface area contributed by atoms with Crippen LogP contribution in [0, 0.1) is 0 Å². The Kier molecular flexibility index (Phi) is 4.99. The predicted octanol–water partition coefficient (Wildman–Crippen LogP) is 3.51. The van der Waals surface area contributed by atoms with Crippen molar-refractivity contribution in [1.29, 1.82) is 0 Å². The molecule has 0 aliphatic heterocycles. The van der Waals surface area contributed by atoms with Crippen LogP contribution in [0.4, 0.5) is 0 Å². The molecule has 1 fully saturated rings. The molecule has 0 saturated heterocycles. The fourth-order valence-electron chi connectivity index (χ4n) is 4.32. The van der Waals surface area contributed by atoms with Gasteiger partial charge in [-0.3, -0.25) is 0 Å². The Labute approximate surface area is 159 Å². The molecule has 1 saturated carbocycles. The molecular weight excluding hydrogens is 338 g/mol. The molecule has 0 spiro atoms. The number of hydrogen-bond donors (Lipinski definition) is 2. The first-order valence-electron chi connectivity index (χ1n) is 9.80. The second-order valence-corrected chi connectivity index (χ2v) is 7.64. The van der Waals surface area contributed by atoms with Gasteiger partial charge >= 0.3 is 5.63 Å². The van der Waals surface area contributed by atoms with Crippen molar-refractivity contribution in [3.05, 3.63) is 64.5 Å². The maximum absolute atomic E-state index is 12.3. The Hall–Kier alpha value is -2.59. The van der Waals surface area contributed by atoms with E-state index in [1.54, 1.807) is 6.07 Å². The molecule has 4 rings (SSSR count). The molecule has 1 unspecified atom stereocenters. The highest BCUT2D eigenvalue weighted by Gasteiger charge is 2.24. The first-order valence-corrected chi connectivity index (χ1v) is 9.80. The van der Waals surface area contributed by atoms with Crippen molar-refractivity contribution in [2.45, 2.75) is 44.7 Å². The first kappa shape index (κ1) is 17.8. The van der Waals surface area contributed by atoms with Crippen molar-refractivity contribution >= 4 is 11.0 Å². The SMILES string of the molecule is C[NH+](Cc1c(O)ccc2c(-c3ccccc3)cc(=O)oc12)C1CCCCC1. The molecule has 1 aromatic heterocycles. The molecule has 4 nitrogen and oxygen atoms in total. The van der Waals surface area contributed by atoms with Crippen LogP contribution < -0.4 is 10.5 Å². The van der Waals surface area contributed by atoms with Gasteiger partial charge in [0.25, 0.3) is 0 Å². The first-order chi connectivity index (χ1) is 13.1. The largest absolute Gasteiger partial charge is 0.507 e. The molecule has 1 heterocycles. The van der Waals surface area contributed by atoms with Gasteiger partial charge in [-0.2, -0.15) is 0 Å². The van der Waals surface area contributed by atoms with Crippen LogP contribution in [0.15, 0.2) is 57.7 Å². The van der Waals surface area contributed by atoms with Crippen LogP contribution in [0.25, 0.3) is 22.1 Å². The zero-order valence-electron chi connectivity index (χ0n) is 15.7. The lowest BCUT2D eigenvalue weighted by atomic mass is 9.94. The molecule has 3 aromatic rings. The minimum absolute atomic E-state index is 0.200. The van der Waals surface area contributed by atoms with Crippen molar-refractivity contribution in [3.63, 3.8) is 0 Å². The maximum Gasteiger partial charge on any atom is 0.336 e. The fraction of sp³-hybridized carbons (Fsp3) is 0.348. The number of fused-ring (bicyclic) bond motifs is 1. The molecule has 1 aliphatic rings. The van der Waals surface area contributed by atoms with Crippen LogP contribution in [0.1, 0.15) is 37.7 Å². The molecular formula is C23H26NO3+. The molecule has 0 amide bonds. The van der Waals surface area contributed by atoms with E-state index in [0.29, 0.717) is 18.2 Å². The lowest BCUT2D eigenvalue weighted by Crippen LogP contribution is -3.11. The summed E-state index contributed by atoms with van der Waals surface area (Å²) in [7, 11) is 2.17. The lowest BCUT2D eigenvalue weighted by Gasteiger charge is -2.28. The van der Waals surface area contributed by atoms with Crippen LogP contribution in [0.2, 0.25) is 0 Å². The molecule has 2 aromatic carbocycles. The van der Waals surface area contributed by atoms with E-state index in [1.165, 1.54) is 43.1 Å². The van der Waals surface area contributed by atoms with E-state index in [1.807, 2.05) is 36.4 Å². The van der Waals surface area contributed by atoms with Crippen molar-refractivity contribution in [1.82, 2.24) is 0 Å². The zero-order chi connectivity index (χ0) is 18.8. The number of benzene rings is 2. The van der Waals surface area contributed by atoms with E-state index in [0.717, 1.165) is 22.1 Å². The molecule has 1 atom stereocenters. The third-order valence-corrected chi connectivity index (χ3v) is 5.83. The number of phenols is 1. The fourth-order valence-corrected chi connectivity index (χ4v) is 4.32. The summed E-state index contributed by atoms with van der Waals surface area (Å²) in [5.74, 6) is 0.200. The Morgan fingerprint density at radius 1 is 1.07 bits per heavy atom. The normalized spacial score (nSPS) is 16.5. The third kappa shape index (κ3) is 3.62. The summed E-state index contributed by atoms with van der Waals surface area (Å²) in [6.07, 6.45) is 6.30. The zero-order valence-corrected chi connectivity index (χ0v) is 15.7. The Morgan fingerprint density at radius 2 is 1.81 bits per heavy atom. The highest BCUT2D eigenvalue weighted by molar-refractivity contribution is 5.95. The topological polar surface area (TPSA) is 54.9 Å². The summed E-state index contributed by atoms with van der Waals surface area (Å²) in [6.45, 7) is 0.648. The summed E-state index contributed by atoms with van der Waals surface area (Å²) < 4.78 is 5.60. The number of nitrogens with one attached hydrogen (secondary N) is 1. The van der Waals surface area contributed by atoms with Gasteiger partial charge in [0, 0.05) is 11.5 Å². The monoisotopic (exact) mass is 364 g/mol. The Morgan fingerprint density at radius 3 is 2.56 bits per heavy atom. The van der Waals surface area contributed by atoms with Crippen LogP contribution in [0.5, 0.6) is 5.75 Å². The molecule has 4 heteroatoms. The van der Waals surface area contributed by atoms with E-state index >= 15 is 0 Å². The number of rotatable bonds is 4. The minimum atomic E-state index is -0.386. The summed E-state index contributed by atoms with van der Waals surface area (Å²) in [5.41, 5.74) is 2.67. The van der Waals surface area contributed by atoms with Gasteiger partial charge in [-0.05, 0) is 48.9 Å². The molecule has 27 heavy (non-hydrogen) atoms. The van der Waals surface area contributed by atoms with Gasteiger partial charge < -0.3 is 14.4 Å². The smallest absolute Gasteiger partial charge is 0.336 e.